The average molecular weight is 213 g/mol. The highest BCUT2D eigenvalue weighted by Crippen LogP contribution is 2.28. The zero-order valence-electron chi connectivity index (χ0n) is 9.74. The Labute approximate surface area is 92.4 Å². The lowest BCUT2D eigenvalue weighted by atomic mass is 9.86. The summed E-state index contributed by atoms with van der Waals surface area (Å²) in [5.41, 5.74) is 6.14. The van der Waals surface area contributed by atoms with Gasteiger partial charge in [-0.1, -0.05) is 0 Å². The molecule has 0 aromatic carbocycles. The smallest absolute Gasteiger partial charge is 0.0547 e. The molecule has 2 saturated heterocycles. The van der Waals surface area contributed by atoms with Crippen LogP contribution in [0.1, 0.15) is 6.42 Å². The second-order valence-electron chi connectivity index (χ2n) is 5.09. The third kappa shape index (κ3) is 2.69. The van der Waals surface area contributed by atoms with Crippen molar-refractivity contribution in [2.75, 3.05) is 59.5 Å². The first kappa shape index (κ1) is 11.3. The molecule has 0 aromatic rings. The largest absolute Gasteiger partial charge is 0.381 e. The van der Waals surface area contributed by atoms with Crippen LogP contribution in [0.2, 0.25) is 0 Å². The number of ether oxygens (including phenoxy) is 1. The SMILES string of the molecule is CN1CCN(CC2(CN)CCOC2)CC1. The van der Waals surface area contributed by atoms with Crippen molar-refractivity contribution in [3.8, 4) is 0 Å². The van der Waals surface area contributed by atoms with Crippen molar-refractivity contribution in [1.82, 2.24) is 9.80 Å². The van der Waals surface area contributed by atoms with Crippen LogP contribution in [0.25, 0.3) is 0 Å². The van der Waals surface area contributed by atoms with Crippen molar-refractivity contribution in [3.05, 3.63) is 0 Å². The Morgan fingerprint density at radius 2 is 2.00 bits per heavy atom. The van der Waals surface area contributed by atoms with E-state index >= 15 is 0 Å². The first-order chi connectivity index (χ1) is 7.24. The summed E-state index contributed by atoms with van der Waals surface area (Å²) in [4.78, 5) is 4.93. The van der Waals surface area contributed by atoms with Gasteiger partial charge in [-0.05, 0) is 13.5 Å². The third-order valence-electron chi connectivity index (χ3n) is 3.77. The molecule has 4 nitrogen and oxygen atoms in total. The molecule has 1 unspecified atom stereocenters. The number of likely N-dealkylation sites (N-methyl/N-ethyl adjacent to an activating group) is 1. The molecule has 2 aliphatic heterocycles. The van der Waals surface area contributed by atoms with Crippen LogP contribution in [-0.2, 0) is 4.74 Å². The van der Waals surface area contributed by atoms with E-state index in [-0.39, 0.29) is 5.41 Å². The van der Waals surface area contributed by atoms with Gasteiger partial charge in [0.2, 0.25) is 0 Å². The van der Waals surface area contributed by atoms with Crippen LogP contribution in [-0.4, -0.2) is 69.3 Å². The van der Waals surface area contributed by atoms with Crippen molar-refractivity contribution < 1.29 is 4.74 Å². The van der Waals surface area contributed by atoms with E-state index in [1.165, 1.54) is 26.2 Å². The van der Waals surface area contributed by atoms with Crippen molar-refractivity contribution in [3.63, 3.8) is 0 Å². The molecule has 0 amide bonds. The van der Waals surface area contributed by atoms with E-state index in [0.717, 1.165) is 32.7 Å². The molecular weight excluding hydrogens is 190 g/mol. The van der Waals surface area contributed by atoms with Gasteiger partial charge in [0.15, 0.2) is 0 Å². The van der Waals surface area contributed by atoms with Crippen LogP contribution in [0.3, 0.4) is 0 Å². The lowest BCUT2D eigenvalue weighted by Gasteiger charge is -2.38. The zero-order valence-corrected chi connectivity index (χ0v) is 9.74. The molecule has 1 atom stereocenters. The Morgan fingerprint density at radius 3 is 2.53 bits per heavy atom. The van der Waals surface area contributed by atoms with E-state index in [2.05, 4.69) is 16.8 Å². The van der Waals surface area contributed by atoms with Gasteiger partial charge < -0.3 is 20.3 Å². The molecule has 0 bridgehead atoms. The first-order valence-corrected chi connectivity index (χ1v) is 5.93. The van der Waals surface area contributed by atoms with Crippen LogP contribution < -0.4 is 5.73 Å². The molecule has 0 radical (unpaired) electrons. The minimum Gasteiger partial charge on any atom is -0.381 e. The number of hydrogen-bond donors (Lipinski definition) is 1. The topological polar surface area (TPSA) is 41.7 Å². The summed E-state index contributed by atoms with van der Waals surface area (Å²) >= 11 is 0. The predicted octanol–water partition coefficient (Wildman–Crippen LogP) is -0.401. The number of hydrogen-bond acceptors (Lipinski definition) is 4. The Balaban J connectivity index is 1.84. The second-order valence-corrected chi connectivity index (χ2v) is 5.09. The highest BCUT2D eigenvalue weighted by atomic mass is 16.5. The van der Waals surface area contributed by atoms with E-state index < -0.39 is 0 Å². The minimum atomic E-state index is 0.246. The number of nitrogens with two attached hydrogens (primary N) is 1. The number of rotatable bonds is 3. The van der Waals surface area contributed by atoms with E-state index in [1.54, 1.807) is 0 Å². The van der Waals surface area contributed by atoms with Crippen molar-refractivity contribution in [2.24, 2.45) is 11.1 Å². The fourth-order valence-corrected chi connectivity index (χ4v) is 2.48. The molecule has 4 heteroatoms. The van der Waals surface area contributed by atoms with Crippen molar-refractivity contribution >= 4 is 0 Å². The third-order valence-corrected chi connectivity index (χ3v) is 3.77. The number of nitrogens with zero attached hydrogens (tertiary/aromatic N) is 2. The highest BCUT2D eigenvalue weighted by molar-refractivity contribution is 4.88. The van der Waals surface area contributed by atoms with E-state index in [1.807, 2.05) is 0 Å². The Morgan fingerprint density at radius 1 is 1.27 bits per heavy atom. The van der Waals surface area contributed by atoms with E-state index in [0.29, 0.717) is 0 Å². The molecule has 0 saturated carbocycles. The van der Waals surface area contributed by atoms with Gasteiger partial charge >= 0.3 is 0 Å². The van der Waals surface area contributed by atoms with Crippen LogP contribution in [0, 0.1) is 5.41 Å². The Bertz CT molecular complexity index is 196. The molecule has 0 spiro atoms. The van der Waals surface area contributed by atoms with Gasteiger partial charge in [-0.2, -0.15) is 0 Å². The summed E-state index contributed by atoms with van der Waals surface area (Å²) in [5.74, 6) is 0. The van der Waals surface area contributed by atoms with E-state index in [9.17, 15) is 0 Å². The van der Waals surface area contributed by atoms with Gasteiger partial charge in [0, 0.05) is 51.3 Å². The standard InChI is InChI=1S/C11H23N3O/c1-13-3-5-14(6-4-13)9-11(8-12)2-7-15-10-11/h2-10,12H2,1H3. The van der Waals surface area contributed by atoms with Gasteiger partial charge in [0.1, 0.15) is 0 Å². The number of piperazine rings is 1. The normalized spacial score (nSPS) is 34.8. The molecule has 2 N–H and O–H groups in total. The molecule has 88 valence electrons. The van der Waals surface area contributed by atoms with E-state index in [4.69, 9.17) is 10.5 Å². The highest BCUT2D eigenvalue weighted by Gasteiger charge is 2.35. The molecular formula is C11H23N3O. The van der Waals surface area contributed by atoms with Gasteiger partial charge in [0.05, 0.1) is 6.61 Å². The maximum absolute atomic E-state index is 5.90. The predicted molar refractivity (Wildman–Crippen MR) is 60.9 cm³/mol. The fraction of sp³-hybridized carbons (Fsp3) is 1.00. The monoisotopic (exact) mass is 213 g/mol. The van der Waals surface area contributed by atoms with Gasteiger partial charge in [0.25, 0.3) is 0 Å². The zero-order chi connectivity index (χ0) is 10.7. The Kier molecular flexibility index (Phi) is 3.61. The summed E-state index contributed by atoms with van der Waals surface area (Å²) < 4.78 is 5.50. The summed E-state index contributed by atoms with van der Waals surface area (Å²) in [6.07, 6.45) is 1.13. The summed E-state index contributed by atoms with van der Waals surface area (Å²) in [6, 6.07) is 0. The maximum atomic E-state index is 5.90. The maximum Gasteiger partial charge on any atom is 0.0547 e. The quantitative estimate of drug-likeness (QED) is 0.692. The first-order valence-electron chi connectivity index (χ1n) is 5.93. The summed E-state index contributed by atoms with van der Waals surface area (Å²) in [6.45, 7) is 8.36. The summed E-state index contributed by atoms with van der Waals surface area (Å²) in [5, 5.41) is 0. The molecule has 0 aliphatic carbocycles. The van der Waals surface area contributed by atoms with Crippen molar-refractivity contribution in [2.45, 2.75) is 6.42 Å². The molecule has 15 heavy (non-hydrogen) atoms. The lowest BCUT2D eigenvalue weighted by molar-refractivity contribution is 0.0836. The molecule has 2 fully saturated rings. The minimum absolute atomic E-state index is 0.246. The lowest BCUT2D eigenvalue weighted by Crippen LogP contribution is -2.50. The van der Waals surface area contributed by atoms with Gasteiger partial charge in [-0.15, -0.1) is 0 Å². The van der Waals surface area contributed by atoms with Gasteiger partial charge in [-0.25, -0.2) is 0 Å². The molecule has 2 heterocycles. The van der Waals surface area contributed by atoms with Crippen LogP contribution >= 0.6 is 0 Å². The fourth-order valence-electron chi connectivity index (χ4n) is 2.48. The van der Waals surface area contributed by atoms with Crippen molar-refractivity contribution in [1.29, 1.82) is 0 Å². The molecule has 2 aliphatic rings. The second kappa shape index (κ2) is 4.78. The molecule has 0 aromatic heterocycles. The summed E-state index contributed by atoms with van der Waals surface area (Å²) in [7, 11) is 2.19. The average Bonchev–Trinajstić information content (AvgIpc) is 2.71. The van der Waals surface area contributed by atoms with Gasteiger partial charge in [-0.3, -0.25) is 0 Å². The van der Waals surface area contributed by atoms with Crippen LogP contribution in [0.5, 0.6) is 0 Å². The van der Waals surface area contributed by atoms with Crippen LogP contribution in [0.4, 0.5) is 0 Å². The van der Waals surface area contributed by atoms with Crippen LogP contribution in [0.15, 0.2) is 0 Å². The Hall–Kier alpha value is -0.160. The molecule has 2 rings (SSSR count).